The molecule has 1 atom stereocenters. The average Bonchev–Trinajstić information content (AvgIpc) is 2.80. The van der Waals surface area contributed by atoms with E-state index in [0.717, 1.165) is 28.2 Å². The molecular formula is C17H15N3O. The fraction of sp³-hybridized carbons (Fsp3) is 0.118. The van der Waals surface area contributed by atoms with Crippen molar-refractivity contribution in [1.82, 2.24) is 5.32 Å². The number of amides is 1. The van der Waals surface area contributed by atoms with Gasteiger partial charge in [0.25, 0.3) is 5.91 Å². The maximum absolute atomic E-state index is 12.2. The first-order valence-corrected chi connectivity index (χ1v) is 7.02. The first-order chi connectivity index (χ1) is 10.3. The summed E-state index contributed by atoms with van der Waals surface area (Å²) >= 11 is 0. The molecule has 0 saturated carbocycles. The maximum atomic E-state index is 12.2. The number of fused-ring (bicyclic) bond motifs is 1. The molecule has 0 fully saturated rings. The molecule has 0 spiro atoms. The van der Waals surface area contributed by atoms with E-state index in [1.165, 1.54) is 0 Å². The van der Waals surface area contributed by atoms with E-state index in [-0.39, 0.29) is 11.9 Å². The molecule has 2 aromatic rings. The third-order valence-corrected chi connectivity index (χ3v) is 3.93. The highest BCUT2D eigenvalue weighted by Crippen LogP contribution is 2.37. The number of nitrogens with one attached hydrogen (secondary N) is 3. The third-order valence-electron chi connectivity index (χ3n) is 3.93. The van der Waals surface area contributed by atoms with Gasteiger partial charge in [-0.1, -0.05) is 42.5 Å². The summed E-state index contributed by atoms with van der Waals surface area (Å²) in [7, 11) is 0. The van der Waals surface area contributed by atoms with Gasteiger partial charge in [-0.25, -0.2) is 0 Å². The minimum absolute atomic E-state index is 0.00772. The molecule has 104 valence electrons. The number of benzene rings is 2. The van der Waals surface area contributed by atoms with Gasteiger partial charge in [0, 0.05) is 5.70 Å². The fourth-order valence-corrected chi connectivity index (χ4v) is 2.92. The van der Waals surface area contributed by atoms with Gasteiger partial charge in [-0.05, 0) is 17.7 Å². The van der Waals surface area contributed by atoms with Gasteiger partial charge < -0.3 is 16.0 Å². The number of carbonyl (C=O) groups excluding carboxylic acids is 1. The first-order valence-electron chi connectivity index (χ1n) is 7.02. The van der Waals surface area contributed by atoms with E-state index in [2.05, 4.69) is 16.0 Å². The van der Waals surface area contributed by atoms with E-state index in [9.17, 15) is 4.79 Å². The largest absolute Gasteiger partial charge is 0.372 e. The van der Waals surface area contributed by atoms with Crippen LogP contribution in [0.5, 0.6) is 0 Å². The summed E-state index contributed by atoms with van der Waals surface area (Å²) in [5.74, 6) is -0.00772. The second-order valence-electron chi connectivity index (χ2n) is 5.23. The lowest BCUT2D eigenvalue weighted by molar-refractivity contribution is -0.116. The summed E-state index contributed by atoms with van der Waals surface area (Å²) in [5, 5.41) is 9.79. The molecule has 0 radical (unpaired) electrons. The first kappa shape index (κ1) is 12.0. The van der Waals surface area contributed by atoms with Crippen LogP contribution in [-0.4, -0.2) is 12.5 Å². The van der Waals surface area contributed by atoms with Gasteiger partial charge in [0.2, 0.25) is 0 Å². The summed E-state index contributed by atoms with van der Waals surface area (Å²) in [4.78, 5) is 12.2. The van der Waals surface area contributed by atoms with E-state index in [1.807, 2.05) is 54.6 Å². The van der Waals surface area contributed by atoms with E-state index in [4.69, 9.17) is 0 Å². The molecule has 2 aliphatic rings. The van der Waals surface area contributed by atoms with Crippen molar-refractivity contribution >= 4 is 17.3 Å². The molecule has 0 aromatic heterocycles. The molecule has 1 amide bonds. The van der Waals surface area contributed by atoms with Gasteiger partial charge in [0.15, 0.2) is 0 Å². The topological polar surface area (TPSA) is 53.2 Å². The molecule has 0 unspecified atom stereocenters. The Morgan fingerprint density at radius 1 is 0.905 bits per heavy atom. The van der Waals surface area contributed by atoms with Crippen LogP contribution >= 0.6 is 0 Å². The Balaban J connectivity index is 1.87. The summed E-state index contributed by atoms with van der Waals surface area (Å²) in [6.45, 7) is 0.549. The molecule has 0 bridgehead atoms. The smallest absolute Gasteiger partial charge is 0.251 e. The highest BCUT2D eigenvalue weighted by molar-refractivity contribution is 6.00. The van der Waals surface area contributed by atoms with E-state index in [0.29, 0.717) is 6.54 Å². The normalized spacial score (nSPS) is 19.8. The highest BCUT2D eigenvalue weighted by Gasteiger charge is 2.33. The molecule has 0 saturated heterocycles. The van der Waals surface area contributed by atoms with Crippen molar-refractivity contribution in [3.8, 4) is 0 Å². The second kappa shape index (κ2) is 4.66. The molecule has 2 heterocycles. The minimum atomic E-state index is -0.139. The second-order valence-corrected chi connectivity index (χ2v) is 5.23. The SMILES string of the molecule is O=C1NCC2=C1[C@H](c1ccccc1)Nc1ccccc1N2. The van der Waals surface area contributed by atoms with Crippen LogP contribution in [0.15, 0.2) is 65.9 Å². The van der Waals surface area contributed by atoms with Crippen molar-refractivity contribution in [2.45, 2.75) is 6.04 Å². The van der Waals surface area contributed by atoms with Crippen molar-refractivity contribution < 1.29 is 4.79 Å². The Bertz CT molecular complexity index is 737. The maximum Gasteiger partial charge on any atom is 0.251 e. The molecular weight excluding hydrogens is 262 g/mol. The van der Waals surface area contributed by atoms with Crippen LogP contribution in [0.4, 0.5) is 11.4 Å². The van der Waals surface area contributed by atoms with Gasteiger partial charge >= 0.3 is 0 Å². The van der Waals surface area contributed by atoms with Crippen LogP contribution in [0.25, 0.3) is 0 Å². The molecule has 3 N–H and O–H groups in total. The molecule has 4 nitrogen and oxygen atoms in total. The molecule has 2 aliphatic heterocycles. The summed E-state index contributed by atoms with van der Waals surface area (Å²) in [6.07, 6.45) is 0. The van der Waals surface area contributed by atoms with Crippen LogP contribution < -0.4 is 16.0 Å². The summed E-state index contributed by atoms with van der Waals surface area (Å²) in [5.41, 5.74) is 4.82. The lowest BCUT2D eigenvalue weighted by Gasteiger charge is -2.20. The van der Waals surface area contributed by atoms with Crippen molar-refractivity contribution in [3.63, 3.8) is 0 Å². The number of hydrogen-bond donors (Lipinski definition) is 3. The van der Waals surface area contributed by atoms with Crippen molar-refractivity contribution in [2.24, 2.45) is 0 Å². The number of para-hydroxylation sites is 2. The van der Waals surface area contributed by atoms with Crippen molar-refractivity contribution in [3.05, 3.63) is 71.4 Å². The summed E-state index contributed by atoms with van der Waals surface area (Å²) < 4.78 is 0. The average molecular weight is 277 g/mol. The Morgan fingerprint density at radius 2 is 1.62 bits per heavy atom. The molecule has 0 aliphatic carbocycles. The third kappa shape index (κ3) is 1.96. The molecule has 4 rings (SSSR count). The van der Waals surface area contributed by atoms with E-state index < -0.39 is 0 Å². The van der Waals surface area contributed by atoms with Gasteiger partial charge in [0.05, 0.1) is 29.5 Å². The van der Waals surface area contributed by atoms with Crippen LogP contribution in [0.3, 0.4) is 0 Å². The van der Waals surface area contributed by atoms with Crippen LogP contribution in [0.2, 0.25) is 0 Å². The lowest BCUT2D eigenvalue weighted by atomic mass is 9.98. The predicted molar refractivity (Wildman–Crippen MR) is 82.9 cm³/mol. The standard InChI is InChI=1S/C17H15N3O/c21-17-15-14(10-18-17)19-12-8-4-5-9-13(12)20-16(15)11-6-2-1-3-7-11/h1-9,16,19-20H,10H2,(H,18,21)/t16-/m0/s1. The van der Waals surface area contributed by atoms with Crippen LogP contribution in [0.1, 0.15) is 11.6 Å². The molecule has 2 aromatic carbocycles. The number of rotatable bonds is 1. The van der Waals surface area contributed by atoms with Gasteiger partial charge in [-0.15, -0.1) is 0 Å². The molecule has 4 heteroatoms. The summed E-state index contributed by atoms with van der Waals surface area (Å²) in [6, 6.07) is 17.9. The van der Waals surface area contributed by atoms with Gasteiger partial charge in [-0.2, -0.15) is 0 Å². The monoisotopic (exact) mass is 277 g/mol. The lowest BCUT2D eigenvalue weighted by Crippen LogP contribution is -2.23. The zero-order valence-corrected chi connectivity index (χ0v) is 11.4. The highest BCUT2D eigenvalue weighted by atomic mass is 16.2. The van der Waals surface area contributed by atoms with Crippen LogP contribution in [-0.2, 0) is 4.79 Å². The quantitative estimate of drug-likeness (QED) is 0.751. The van der Waals surface area contributed by atoms with Crippen molar-refractivity contribution in [1.29, 1.82) is 0 Å². The zero-order chi connectivity index (χ0) is 14.2. The van der Waals surface area contributed by atoms with Gasteiger partial charge in [-0.3, -0.25) is 4.79 Å². The number of hydrogen-bond acceptors (Lipinski definition) is 3. The zero-order valence-electron chi connectivity index (χ0n) is 11.4. The fourth-order valence-electron chi connectivity index (χ4n) is 2.92. The minimum Gasteiger partial charge on any atom is -0.372 e. The Labute approximate surface area is 122 Å². The van der Waals surface area contributed by atoms with Gasteiger partial charge in [0.1, 0.15) is 0 Å². The Kier molecular flexibility index (Phi) is 2.67. The Hall–Kier alpha value is -2.75. The van der Waals surface area contributed by atoms with Crippen molar-refractivity contribution in [2.75, 3.05) is 17.2 Å². The van der Waals surface area contributed by atoms with Crippen LogP contribution in [0, 0.1) is 0 Å². The van der Waals surface area contributed by atoms with E-state index >= 15 is 0 Å². The number of carbonyl (C=O) groups is 1. The molecule has 21 heavy (non-hydrogen) atoms. The predicted octanol–water partition coefficient (Wildman–Crippen LogP) is 2.65. The Morgan fingerprint density at radius 3 is 2.43 bits per heavy atom. The number of anilines is 2. The van der Waals surface area contributed by atoms with E-state index in [1.54, 1.807) is 0 Å².